The van der Waals surface area contributed by atoms with E-state index in [9.17, 15) is 27.9 Å². The van der Waals surface area contributed by atoms with Crippen LogP contribution < -0.4 is 10.1 Å². The van der Waals surface area contributed by atoms with Gasteiger partial charge in [-0.25, -0.2) is 8.42 Å². The molecule has 0 saturated carbocycles. The van der Waals surface area contributed by atoms with E-state index < -0.39 is 33.4 Å². The van der Waals surface area contributed by atoms with Gasteiger partial charge in [0, 0.05) is 25.5 Å². The molecular weight excluding hydrogens is 422 g/mol. The zero-order valence-corrected chi connectivity index (χ0v) is 17.8. The third-order valence-corrected chi connectivity index (χ3v) is 6.67. The predicted octanol–water partition coefficient (Wildman–Crippen LogP) is 2.39. The van der Waals surface area contributed by atoms with Crippen molar-refractivity contribution in [2.75, 3.05) is 12.8 Å². The number of likely N-dealkylation sites (N-methyl/N-ethyl adjacent to an activating group) is 1. The third-order valence-electron chi connectivity index (χ3n) is 4.54. The first kappa shape index (κ1) is 22.9. The van der Waals surface area contributed by atoms with Gasteiger partial charge in [0.25, 0.3) is 5.91 Å². The summed E-state index contributed by atoms with van der Waals surface area (Å²) in [5.41, 5.74) is -0.563. The van der Waals surface area contributed by atoms with E-state index in [1.807, 2.05) is 0 Å². The van der Waals surface area contributed by atoms with Crippen LogP contribution in [0.25, 0.3) is 0 Å². The second-order valence-electron chi connectivity index (χ2n) is 6.46. The highest BCUT2D eigenvalue weighted by atomic mass is 35.5. The molecule has 1 aromatic carbocycles. The van der Waals surface area contributed by atoms with Crippen LogP contribution in [0.5, 0.6) is 5.75 Å². The first-order valence-electron chi connectivity index (χ1n) is 8.98. The third kappa shape index (κ3) is 4.62. The van der Waals surface area contributed by atoms with Crippen molar-refractivity contribution in [3.63, 3.8) is 0 Å². The van der Waals surface area contributed by atoms with Gasteiger partial charge in [0.15, 0.2) is 27.5 Å². The molecule has 0 fully saturated rings. The van der Waals surface area contributed by atoms with E-state index in [2.05, 4.69) is 5.32 Å². The minimum Gasteiger partial charge on any atom is -0.511 e. The van der Waals surface area contributed by atoms with Crippen molar-refractivity contribution in [3.05, 3.63) is 34.1 Å². The first-order chi connectivity index (χ1) is 13.5. The molecule has 1 atom stereocenters. The number of allylic oxidation sites excluding steroid dienone is 2. The van der Waals surface area contributed by atoms with Crippen LogP contribution in [-0.2, 0) is 19.4 Å². The average molecular weight is 444 g/mol. The minimum absolute atomic E-state index is 0.113. The van der Waals surface area contributed by atoms with Crippen molar-refractivity contribution >= 4 is 38.9 Å². The number of rotatable bonds is 7. The van der Waals surface area contributed by atoms with Gasteiger partial charge in [-0.3, -0.25) is 14.4 Å². The molecule has 0 bridgehead atoms. The summed E-state index contributed by atoms with van der Waals surface area (Å²) in [5, 5.41) is 12.0. The van der Waals surface area contributed by atoms with Crippen molar-refractivity contribution in [3.8, 4) is 5.75 Å². The Morgan fingerprint density at radius 2 is 1.97 bits per heavy atom. The Bertz CT molecular complexity index is 998. The summed E-state index contributed by atoms with van der Waals surface area (Å²) in [4.78, 5) is 36.6. The Labute approximate surface area is 173 Å². The number of halogens is 1. The molecule has 1 amide bonds. The second kappa shape index (κ2) is 8.96. The van der Waals surface area contributed by atoms with E-state index in [-0.39, 0.29) is 51.2 Å². The molecular formula is C19H22ClNO7S. The lowest BCUT2D eigenvalue weighted by molar-refractivity contribution is -0.126. The lowest BCUT2D eigenvalue weighted by Gasteiger charge is -2.20. The van der Waals surface area contributed by atoms with Crippen molar-refractivity contribution in [2.24, 2.45) is 0 Å². The number of aliphatic hydroxyl groups is 1. The number of amides is 1. The Balaban J connectivity index is 2.65. The molecule has 2 N–H and O–H groups in total. The number of benzene rings is 1. The molecule has 0 spiro atoms. The van der Waals surface area contributed by atoms with Crippen LogP contribution in [0.3, 0.4) is 0 Å². The Hall–Kier alpha value is -2.39. The number of sulfone groups is 1. The highest BCUT2D eigenvalue weighted by Crippen LogP contribution is 2.38. The van der Waals surface area contributed by atoms with Crippen LogP contribution in [-0.4, -0.2) is 49.9 Å². The molecule has 1 aliphatic carbocycles. The number of Topliss-reactive ketones (excluding diaryl/α,β-unsaturated/α-hetero) is 2. The summed E-state index contributed by atoms with van der Waals surface area (Å²) in [5.74, 6) is -2.80. The van der Waals surface area contributed by atoms with Gasteiger partial charge in [0.2, 0.25) is 5.78 Å². The zero-order chi connectivity index (χ0) is 21.9. The van der Waals surface area contributed by atoms with Crippen molar-refractivity contribution in [1.29, 1.82) is 0 Å². The Morgan fingerprint density at radius 1 is 1.31 bits per heavy atom. The number of hydrogen-bond acceptors (Lipinski definition) is 7. The average Bonchev–Trinajstić information content (AvgIpc) is 2.68. The highest BCUT2D eigenvalue weighted by molar-refractivity contribution is 7.91. The van der Waals surface area contributed by atoms with E-state index in [0.29, 0.717) is 6.42 Å². The molecule has 0 aromatic heterocycles. The molecule has 0 heterocycles. The van der Waals surface area contributed by atoms with Crippen LogP contribution in [0.4, 0.5) is 0 Å². The van der Waals surface area contributed by atoms with Crippen LogP contribution in [0.15, 0.2) is 28.4 Å². The Morgan fingerprint density at radius 3 is 2.52 bits per heavy atom. The number of ether oxygens (including phenoxy) is 1. The number of nitrogens with one attached hydrogen (secondary N) is 1. The fourth-order valence-corrected chi connectivity index (χ4v) is 4.25. The first-order valence-corrected chi connectivity index (χ1v) is 11.0. The molecule has 0 aliphatic heterocycles. The molecule has 8 nitrogen and oxygen atoms in total. The summed E-state index contributed by atoms with van der Waals surface area (Å²) in [7, 11) is -2.41. The summed E-state index contributed by atoms with van der Waals surface area (Å²) in [6.45, 7) is 2.82. The highest BCUT2D eigenvalue weighted by Gasteiger charge is 2.32. The summed E-state index contributed by atoms with van der Waals surface area (Å²) in [6.07, 6.45) is -0.371. The molecule has 1 unspecified atom stereocenters. The summed E-state index contributed by atoms with van der Waals surface area (Å²) >= 11 is 6.32. The molecule has 0 radical (unpaired) electrons. The van der Waals surface area contributed by atoms with E-state index in [4.69, 9.17) is 16.3 Å². The number of hydrogen-bond donors (Lipinski definition) is 2. The molecule has 29 heavy (non-hydrogen) atoms. The molecule has 1 aliphatic rings. The quantitative estimate of drug-likeness (QED) is 0.489. The van der Waals surface area contributed by atoms with Crippen molar-refractivity contribution < 1.29 is 32.6 Å². The van der Waals surface area contributed by atoms with Gasteiger partial charge in [-0.05, 0) is 25.5 Å². The Kier molecular flexibility index (Phi) is 7.07. The molecule has 0 saturated heterocycles. The fourth-order valence-electron chi connectivity index (χ4n) is 2.88. The number of carbonyl (C=O) groups is 3. The van der Waals surface area contributed by atoms with E-state index in [0.717, 1.165) is 6.07 Å². The summed E-state index contributed by atoms with van der Waals surface area (Å²) < 4.78 is 30.4. The van der Waals surface area contributed by atoms with Crippen molar-refractivity contribution in [1.82, 2.24) is 5.32 Å². The van der Waals surface area contributed by atoms with E-state index in [1.54, 1.807) is 0 Å². The van der Waals surface area contributed by atoms with Gasteiger partial charge >= 0.3 is 0 Å². The maximum Gasteiger partial charge on any atom is 0.260 e. The van der Waals surface area contributed by atoms with Gasteiger partial charge in [-0.2, -0.15) is 0 Å². The maximum atomic E-state index is 12.9. The van der Waals surface area contributed by atoms with Gasteiger partial charge < -0.3 is 15.2 Å². The smallest absolute Gasteiger partial charge is 0.260 e. The predicted molar refractivity (Wildman–Crippen MR) is 106 cm³/mol. The topological polar surface area (TPSA) is 127 Å². The number of ketones is 2. The van der Waals surface area contributed by atoms with Gasteiger partial charge in [0.05, 0.1) is 10.8 Å². The van der Waals surface area contributed by atoms with Gasteiger partial charge in [0.1, 0.15) is 16.2 Å². The lowest BCUT2D eigenvalue weighted by Crippen LogP contribution is -2.34. The largest absolute Gasteiger partial charge is 0.511 e. The minimum atomic E-state index is -3.80. The van der Waals surface area contributed by atoms with Crippen LogP contribution in [0.1, 0.15) is 43.5 Å². The zero-order valence-electron chi connectivity index (χ0n) is 16.2. The van der Waals surface area contributed by atoms with Gasteiger partial charge in [-0.15, -0.1) is 0 Å². The number of aliphatic hydroxyl groups excluding tert-OH is 1. The molecule has 2 rings (SSSR count). The molecule has 1 aromatic rings. The molecule has 10 heteroatoms. The normalized spacial score (nSPS) is 15.8. The van der Waals surface area contributed by atoms with Crippen molar-refractivity contribution in [2.45, 2.75) is 44.1 Å². The lowest BCUT2D eigenvalue weighted by atomic mass is 9.90. The van der Waals surface area contributed by atoms with Crippen LogP contribution in [0.2, 0.25) is 5.02 Å². The second-order valence-corrected chi connectivity index (χ2v) is 9.08. The standard InChI is InChI=1S/C19H22ClNO7S/c1-4-29(26,27)14-9-8-11(16(20)18(14)28-10(2)19(25)21-3)17(24)15-12(22)6-5-7-13(15)23/h8-10,22H,4-7H2,1-3H3,(H,21,25). The SMILES string of the molecule is CCS(=O)(=O)c1ccc(C(=O)C2=C(O)CCCC2=O)c(Cl)c1OC(C)C(=O)NC. The molecule has 158 valence electrons. The van der Waals surface area contributed by atoms with Gasteiger partial charge in [-0.1, -0.05) is 18.5 Å². The summed E-state index contributed by atoms with van der Waals surface area (Å²) in [6, 6.07) is 2.32. The maximum absolute atomic E-state index is 12.9. The monoisotopic (exact) mass is 443 g/mol. The fraction of sp³-hybridized carbons (Fsp3) is 0.421. The van der Waals surface area contributed by atoms with Crippen LogP contribution in [0, 0.1) is 0 Å². The van der Waals surface area contributed by atoms with E-state index in [1.165, 1.54) is 27.0 Å². The number of carbonyl (C=O) groups excluding carboxylic acids is 3. The van der Waals surface area contributed by atoms with Crippen LogP contribution >= 0.6 is 11.6 Å². The van der Waals surface area contributed by atoms with E-state index >= 15 is 0 Å².